The Morgan fingerprint density at radius 3 is 2.92 bits per heavy atom. The van der Waals surface area contributed by atoms with Crippen LogP contribution in [0.25, 0.3) is 21.8 Å². The van der Waals surface area contributed by atoms with Crippen LogP contribution < -0.4 is 0 Å². The monoisotopic (exact) mass is 445 g/mol. The smallest absolute Gasteiger partial charge is 0.152 e. The molecule has 0 bridgehead atoms. The van der Waals surface area contributed by atoms with Gasteiger partial charge in [0, 0.05) is 17.8 Å². The Hall–Kier alpha value is -2.24. The molecule has 4 rings (SSSR count). The van der Waals surface area contributed by atoms with Gasteiger partial charge in [-0.3, -0.25) is 9.67 Å². The zero-order valence-electron chi connectivity index (χ0n) is 12.2. The lowest BCUT2D eigenvalue weighted by Gasteiger charge is -2.06. The molecule has 0 unspecified atom stereocenters. The Morgan fingerprint density at radius 1 is 1.21 bits per heavy atom. The average molecular weight is 446 g/mol. The van der Waals surface area contributed by atoms with E-state index in [9.17, 15) is 5.26 Å². The fraction of sp³-hybridized carbons (Fsp3) is 0.0588. The number of pyridine rings is 2. The van der Waals surface area contributed by atoms with Gasteiger partial charge in [-0.25, -0.2) is 4.98 Å². The molecular formula is C17H9ClIN5. The fourth-order valence-corrected chi connectivity index (χ4v) is 3.67. The van der Waals surface area contributed by atoms with Crippen molar-refractivity contribution in [3.05, 3.63) is 62.7 Å². The minimum Gasteiger partial charge on any atom is -0.259 e. The highest BCUT2D eigenvalue weighted by atomic mass is 127. The predicted molar refractivity (Wildman–Crippen MR) is 101 cm³/mol. The highest BCUT2D eigenvalue weighted by Gasteiger charge is 2.13. The lowest BCUT2D eigenvalue weighted by molar-refractivity contribution is 0.706. The average Bonchev–Trinajstić information content (AvgIpc) is 2.90. The predicted octanol–water partition coefficient (Wildman–Crippen LogP) is 4.16. The summed E-state index contributed by atoms with van der Waals surface area (Å²) in [5, 5.41) is 16.2. The van der Waals surface area contributed by atoms with Crippen LogP contribution in [0, 0.1) is 15.0 Å². The van der Waals surface area contributed by atoms with E-state index in [0.29, 0.717) is 17.3 Å². The molecule has 0 saturated carbocycles. The standard InChI is InChI=1S/C17H9ClIN5/c18-12-6-11-5-10(1-2-13(11)22-8-12)9-24-15-3-4-21-14(7-20)16(15)17(19)23-24/h1-6,8H,9H2. The summed E-state index contributed by atoms with van der Waals surface area (Å²) in [6.07, 6.45) is 3.28. The van der Waals surface area contributed by atoms with Crippen LogP contribution in [0.1, 0.15) is 11.3 Å². The van der Waals surface area contributed by atoms with Crippen LogP contribution >= 0.6 is 34.2 Å². The number of hydrogen-bond acceptors (Lipinski definition) is 4. The molecule has 0 fully saturated rings. The van der Waals surface area contributed by atoms with Gasteiger partial charge in [0.1, 0.15) is 9.77 Å². The lowest BCUT2D eigenvalue weighted by atomic mass is 10.1. The van der Waals surface area contributed by atoms with Gasteiger partial charge in [0.2, 0.25) is 0 Å². The quantitative estimate of drug-likeness (QED) is 0.435. The van der Waals surface area contributed by atoms with Gasteiger partial charge in [-0.1, -0.05) is 17.7 Å². The van der Waals surface area contributed by atoms with Crippen LogP contribution in [-0.4, -0.2) is 19.7 Å². The number of hydrogen-bond donors (Lipinski definition) is 0. The molecule has 0 aliphatic rings. The van der Waals surface area contributed by atoms with E-state index in [1.807, 2.05) is 28.9 Å². The first-order valence-corrected chi connectivity index (χ1v) is 8.56. The molecule has 0 spiro atoms. The van der Waals surface area contributed by atoms with E-state index in [1.54, 1.807) is 12.4 Å². The summed E-state index contributed by atoms with van der Waals surface area (Å²) < 4.78 is 2.66. The molecule has 24 heavy (non-hydrogen) atoms. The van der Waals surface area contributed by atoms with E-state index >= 15 is 0 Å². The van der Waals surface area contributed by atoms with Crippen LogP contribution in [-0.2, 0) is 6.54 Å². The molecule has 1 aromatic carbocycles. The van der Waals surface area contributed by atoms with Crippen LogP contribution in [0.15, 0.2) is 42.7 Å². The summed E-state index contributed by atoms with van der Waals surface area (Å²) in [6, 6.07) is 12.0. The summed E-state index contributed by atoms with van der Waals surface area (Å²) >= 11 is 8.17. The largest absolute Gasteiger partial charge is 0.259 e. The molecule has 0 N–H and O–H groups in total. The molecule has 0 saturated heterocycles. The second-order valence-corrected chi connectivity index (χ2v) is 6.75. The molecule has 7 heteroatoms. The van der Waals surface area contributed by atoms with Crippen molar-refractivity contribution in [1.29, 1.82) is 5.26 Å². The third-order valence-electron chi connectivity index (χ3n) is 3.77. The summed E-state index contributed by atoms with van der Waals surface area (Å²) in [5.74, 6) is 0. The maximum Gasteiger partial charge on any atom is 0.152 e. The Bertz CT molecular complexity index is 1130. The van der Waals surface area contributed by atoms with Gasteiger partial charge in [0.05, 0.1) is 28.0 Å². The second kappa shape index (κ2) is 6.00. The summed E-state index contributed by atoms with van der Waals surface area (Å²) in [6.45, 7) is 0.594. The lowest BCUT2D eigenvalue weighted by Crippen LogP contribution is -2.02. The summed E-state index contributed by atoms with van der Waals surface area (Å²) in [4.78, 5) is 8.42. The highest BCUT2D eigenvalue weighted by molar-refractivity contribution is 14.1. The van der Waals surface area contributed by atoms with E-state index in [2.05, 4.69) is 49.8 Å². The van der Waals surface area contributed by atoms with Crippen molar-refractivity contribution in [2.45, 2.75) is 6.54 Å². The molecule has 3 heterocycles. The van der Waals surface area contributed by atoms with E-state index in [0.717, 1.165) is 31.1 Å². The third-order valence-corrected chi connectivity index (χ3v) is 4.73. The summed E-state index contributed by atoms with van der Waals surface area (Å²) in [7, 11) is 0. The van der Waals surface area contributed by atoms with Crippen molar-refractivity contribution in [3.8, 4) is 6.07 Å². The maximum atomic E-state index is 9.23. The van der Waals surface area contributed by atoms with Crippen LogP contribution in [0.2, 0.25) is 5.02 Å². The van der Waals surface area contributed by atoms with Crippen molar-refractivity contribution in [1.82, 2.24) is 19.7 Å². The van der Waals surface area contributed by atoms with Gasteiger partial charge in [-0.2, -0.15) is 10.4 Å². The van der Waals surface area contributed by atoms with Crippen molar-refractivity contribution < 1.29 is 0 Å². The maximum absolute atomic E-state index is 9.23. The molecule has 0 atom stereocenters. The van der Waals surface area contributed by atoms with E-state index < -0.39 is 0 Å². The first-order valence-electron chi connectivity index (χ1n) is 7.11. The normalized spacial score (nSPS) is 11.0. The van der Waals surface area contributed by atoms with Crippen molar-refractivity contribution >= 4 is 56.0 Å². The Morgan fingerprint density at radius 2 is 2.08 bits per heavy atom. The zero-order chi connectivity index (χ0) is 16.7. The van der Waals surface area contributed by atoms with Crippen molar-refractivity contribution in [2.75, 3.05) is 0 Å². The number of nitrogens with zero attached hydrogens (tertiary/aromatic N) is 5. The fourth-order valence-electron chi connectivity index (χ4n) is 2.71. The topological polar surface area (TPSA) is 67.4 Å². The molecule has 3 aromatic heterocycles. The molecule has 0 aliphatic carbocycles. The first-order chi connectivity index (χ1) is 11.7. The molecule has 4 aromatic rings. The van der Waals surface area contributed by atoms with Gasteiger partial charge in [-0.15, -0.1) is 0 Å². The minimum atomic E-state index is 0.401. The van der Waals surface area contributed by atoms with E-state index in [1.165, 1.54) is 0 Å². The molecule has 0 radical (unpaired) electrons. The second-order valence-electron chi connectivity index (χ2n) is 5.29. The van der Waals surface area contributed by atoms with Crippen LogP contribution in [0.5, 0.6) is 0 Å². The highest BCUT2D eigenvalue weighted by Crippen LogP contribution is 2.24. The number of aromatic nitrogens is 4. The number of fused-ring (bicyclic) bond motifs is 2. The Kier molecular flexibility index (Phi) is 3.82. The zero-order valence-corrected chi connectivity index (χ0v) is 15.2. The Labute approximate surface area is 156 Å². The number of rotatable bonds is 2. The summed E-state index contributed by atoms with van der Waals surface area (Å²) in [5.41, 5.74) is 3.29. The number of benzene rings is 1. The van der Waals surface area contributed by atoms with Crippen LogP contribution in [0.3, 0.4) is 0 Å². The minimum absolute atomic E-state index is 0.401. The van der Waals surface area contributed by atoms with Gasteiger partial charge in [0.15, 0.2) is 5.69 Å². The molecule has 5 nitrogen and oxygen atoms in total. The van der Waals surface area contributed by atoms with Crippen molar-refractivity contribution in [3.63, 3.8) is 0 Å². The molecule has 0 aliphatic heterocycles. The van der Waals surface area contributed by atoms with Gasteiger partial charge in [0.25, 0.3) is 0 Å². The number of halogens is 2. The van der Waals surface area contributed by atoms with Crippen molar-refractivity contribution in [2.24, 2.45) is 0 Å². The van der Waals surface area contributed by atoms with Gasteiger partial charge in [-0.05, 0) is 52.4 Å². The SMILES string of the molecule is N#Cc1nccc2c1c(I)nn2Cc1ccc2ncc(Cl)cc2c1. The molecular weight excluding hydrogens is 437 g/mol. The van der Waals surface area contributed by atoms with Gasteiger partial charge >= 0.3 is 0 Å². The first kappa shape index (κ1) is 15.3. The van der Waals surface area contributed by atoms with E-state index in [4.69, 9.17) is 11.6 Å². The molecule has 0 amide bonds. The third kappa shape index (κ3) is 2.60. The molecule has 116 valence electrons. The number of nitriles is 1. The Balaban J connectivity index is 1.81. The van der Waals surface area contributed by atoms with E-state index in [-0.39, 0.29) is 0 Å². The van der Waals surface area contributed by atoms with Crippen LogP contribution in [0.4, 0.5) is 0 Å². The van der Waals surface area contributed by atoms with Gasteiger partial charge < -0.3 is 0 Å².